The van der Waals surface area contributed by atoms with Crippen LogP contribution in [0.25, 0.3) is 21.6 Å². The molecule has 1 aromatic carbocycles. The molecule has 4 aromatic rings. The van der Waals surface area contributed by atoms with Gasteiger partial charge in [0, 0.05) is 45.0 Å². The molecule has 164 valence electrons. The monoisotopic (exact) mass is 447 g/mol. The van der Waals surface area contributed by atoms with E-state index in [2.05, 4.69) is 14.5 Å². The number of carbonyl (C=O) groups excluding carboxylic acids is 1. The summed E-state index contributed by atoms with van der Waals surface area (Å²) in [6.45, 7) is 1.32. The number of carbonyl (C=O) groups is 1. The molecule has 8 heteroatoms. The molecule has 0 bridgehead atoms. The van der Waals surface area contributed by atoms with Crippen LogP contribution in [0.5, 0.6) is 0 Å². The van der Waals surface area contributed by atoms with Crippen molar-refractivity contribution in [2.24, 2.45) is 7.05 Å². The number of aromatic nitrogens is 4. The van der Waals surface area contributed by atoms with Crippen LogP contribution in [0.15, 0.2) is 52.6 Å². The third kappa shape index (κ3) is 4.10. The number of para-hydroxylation sites is 2. The molecule has 1 saturated heterocycles. The fraction of sp³-hybridized carbons (Fsp3) is 0.333. The van der Waals surface area contributed by atoms with Crippen LogP contribution in [0.1, 0.15) is 36.8 Å². The maximum atomic E-state index is 13.0. The molecule has 32 heavy (non-hydrogen) atoms. The molecule has 1 aliphatic rings. The lowest BCUT2D eigenvalue weighted by atomic mass is 9.96. The van der Waals surface area contributed by atoms with Gasteiger partial charge >= 0.3 is 0 Å². The van der Waals surface area contributed by atoms with Gasteiger partial charge in [-0.1, -0.05) is 18.2 Å². The fourth-order valence-corrected chi connectivity index (χ4v) is 5.13. The lowest BCUT2D eigenvalue weighted by molar-refractivity contribution is -0.132. The smallest absolute Gasteiger partial charge is 0.251 e. The van der Waals surface area contributed by atoms with Crippen LogP contribution in [0.3, 0.4) is 0 Å². The Balaban J connectivity index is 1.28. The Morgan fingerprint density at radius 3 is 2.91 bits per heavy atom. The molecule has 1 atom stereocenters. The molecule has 1 amide bonds. The first-order chi connectivity index (χ1) is 15.6. The van der Waals surface area contributed by atoms with Crippen molar-refractivity contribution in [1.29, 1.82) is 0 Å². The molecule has 1 aliphatic heterocycles. The van der Waals surface area contributed by atoms with Gasteiger partial charge in [0.2, 0.25) is 5.91 Å². The highest BCUT2D eigenvalue weighted by Gasteiger charge is 2.27. The first-order valence-electron chi connectivity index (χ1n) is 10.9. The number of thiophene rings is 1. The Morgan fingerprint density at radius 1 is 1.22 bits per heavy atom. The third-order valence-corrected chi connectivity index (χ3v) is 7.03. The molecule has 0 saturated carbocycles. The van der Waals surface area contributed by atoms with Gasteiger partial charge in [0.05, 0.1) is 21.6 Å². The number of likely N-dealkylation sites (tertiary alicyclic amines) is 1. The van der Waals surface area contributed by atoms with E-state index in [-0.39, 0.29) is 17.4 Å². The number of rotatable bonds is 5. The number of nitrogens with one attached hydrogen (secondary N) is 1. The number of benzene rings is 1. The van der Waals surface area contributed by atoms with Crippen LogP contribution in [-0.2, 0) is 18.3 Å². The molecule has 0 radical (unpaired) electrons. The summed E-state index contributed by atoms with van der Waals surface area (Å²) in [7, 11) is 1.99. The zero-order chi connectivity index (χ0) is 22.1. The molecule has 7 nitrogen and oxygen atoms in total. The quantitative estimate of drug-likeness (QED) is 0.505. The lowest BCUT2D eigenvalue weighted by Crippen LogP contribution is -2.40. The Hall–Kier alpha value is -3.26. The minimum atomic E-state index is -0.149. The number of imidazole rings is 1. The van der Waals surface area contributed by atoms with Gasteiger partial charge in [0.15, 0.2) is 0 Å². The number of nitrogens with zero attached hydrogens (tertiary/aromatic N) is 4. The summed E-state index contributed by atoms with van der Waals surface area (Å²) in [6, 6.07) is 13.5. The van der Waals surface area contributed by atoms with E-state index >= 15 is 0 Å². The zero-order valence-electron chi connectivity index (χ0n) is 18.0. The molecule has 0 aliphatic carbocycles. The van der Waals surface area contributed by atoms with E-state index in [1.54, 1.807) is 11.3 Å². The molecule has 1 N–H and O–H groups in total. The highest BCUT2D eigenvalue weighted by molar-refractivity contribution is 7.13. The average Bonchev–Trinajstić information content (AvgIpc) is 3.46. The molecule has 0 unspecified atom stereocenters. The summed E-state index contributed by atoms with van der Waals surface area (Å²) in [5.74, 6) is 1.76. The average molecular weight is 448 g/mol. The van der Waals surface area contributed by atoms with E-state index < -0.39 is 0 Å². The predicted molar refractivity (Wildman–Crippen MR) is 126 cm³/mol. The van der Waals surface area contributed by atoms with E-state index in [1.807, 2.05) is 53.7 Å². The van der Waals surface area contributed by atoms with Crippen molar-refractivity contribution in [3.63, 3.8) is 0 Å². The molecule has 3 aromatic heterocycles. The second kappa shape index (κ2) is 8.70. The van der Waals surface area contributed by atoms with E-state index in [1.165, 1.54) is 6.07 Å². The third-order valence-electron chi connectivity index (χ3n) is 6.14. The maximum Gasteiger partial charge on any atom is 0.251 e. The first-order valence-corrected chi connectivity index (χ1v) is 11.8. The van der Waals surface area contributed by atoms with E-state index in [9.17, 15) is 9.59 Å². The Labute approximate surface area is 189 Å². The summed E-state index contributed by atoms with van der Waals surface area (Å²) >= 11 is 1.56. The van der Waals surface area contributed by atoms with Gasteiger partial charge in [-0.25, -0.2) is 9.97 Å². The van der Waals surface area contributed by atoms with Crippen molar-refractivity contribution >= 4 is 28.3 Å². The van der Waals surface area contributed by atoms with Crippen LogP contribution in [0.2, 0.25) is 0 Å². The number of hydrogen-bond donors (Lipinski definition) is 1. The summed E-state index contributed by atoms with van der Waals surface area (Å²) in [4.78, 5) is 40.4. The largest absolute Gasteiger partial charge is 0.342 e. The summed E-state index contributed by atoms with van der Waals surface area (Å²) in [5.41, 5.74) is 2.58. The van der Waals surface area contributed by atoms with Crippen molar-refractivity contribution in [1.82, 2.24) is 24.4 Å². The minimum absolute atomic E-state index is 0.0380. The van der Waals surface area contributed by atoms with Gasteiger partial charge in [-0.15, -0.1) is 11.3 Å². The van der Waals surface area contributed by atoms with Crippen molar-refractivity contribution in [3.8, 4) is 10.6 Å². The number of aryl methyl sites for hydroxylation is 2. The Kier molecular flexibility index (Phi) is 5.61. The summed E-state index contributed by atoms with van der Waals surface area (Å²) in [5, 5.41) is 1.98. The number of piperidine rings is 1. The first kappa shape index (κ1) is 20.6. The van der Waals surface area contributed by atoms with Gasteiger partial charge in [0.1, 0.15) is 11.6 Å². The van der Waals surface area contributed by atoms with Crippen molar-refractivity contribution in [2.45, 2.75) is 31.6 Å². The highest BCUT2D eigenvalue weighted by atomic mass is 32.1. The Morgan fingerprint density at radius 2 is 2.09 bits per heavy atom. The zero-order valence-corrected chi connectivity index (χ0v) is 18.8. The second-order valence-corrected chi connectivity index (χ2v) is 9.20. The molecular formula is C24H25N5O2S. The standard InChI is InChI=1S/C24H25N5O2S/c1-28-19-8-3-2-7-17(19)25-21(28)10-11-23(31)29-12-4-6-16(15-29)24-26-18(14-22(30)27-24)20-9-5-13-32-20/h2-3,5,7-9,13-14,16H,4,6,10-12,15H2,1H3,(H,26,27,30)/t16-/m0/s1. The molecule has 1 fully saturated rings. The van der Waals surface area contributed by atoms with Crippen molar-refractivity contribution in [2.75, 3.05) is 13.1 Å². The molecule has 0 spiro atoms. The summed E-state index contributed by atoms with van der Waals surface area (Å²) in [6.07, 6.45) is 2.83. The Bertz CT molecular complexity index is 1310. The van der Waals surface area contributed by atoms with Crippen LogP contribution >= 0.6 is 11.3 Å². The molecule has 4 heterocycles. The van der Waals surface area contributed by atoms with Crippen LogP contribution in [-0.4, -0.2) is 43.4 Å². The lowest BCUT2D eigenvalue weighted by Gasteiger charge is -2.32. The summed E-state index contributed by atoms with van der Waals surface area (Å²) < 4.78 is 2.06. The van der Waals surface area contributed by atoms with Crippen molar-refractivity contribution < 1.29 is 4.79 Å². The number of hydrogen-bond acceptors (Lipinski definition) is 5. The molecular weight excluding hydrogens is 422 g/mol. The highest BCUT2D eigenvalue weighted by Crippen LogP contribution is 2.27. The van der Waals surface area contributed by atoms with Gasteiger partial charge in [-0.05, 0) is 36.4 Å². The second-order valence-electron chi connectivity index (χ2n) is 8.25. The fourth-order valence-electron chi connectivity index (χ4n) is 4.44. The van der Waals surface area contributed by atoms with Crippen LogP contribution in [0.4, 0.5) is 0 Å². The van der Waals surface area contributed by atoms with Crippen LogP contribution in [0, 0.1) is 0 Å². The minimum Gasteiger partial charge on any atom is -0.342 e. The number of amides is 1. The van der Waals surface area contributed by atoms with E-state index in [0.717, 1.165) is 41.1 Å². The maximum absolute atomic E-state index is 13.0. The topological polar surface area (TPSA) is 83.9 Å². The van der Waals surface area contributed by atoms with Gasteiger partial charge in [-0.2, -0.15) is 0 Å². The SMILES string of the molecule is Cn1c(CCC(=O)N2CCC[C@H](c3nc(-c4cccs4)cc(=O)[nH]3)C2)nc2ccccc21. The van der Waals surface area contributed by atoms with Gasteiger partial charge < -0.3 is 14.5 Å². The molecule has 5 rings (SSSR count). The van der Waals surface area contributed by atoms with E-state index in [0.29, 0.717) is 30.9 Å². The number of H-pyrrole nitrogens is 1. The van der Waals surface area contributed by atoms with Crippen LogP contribution < -0.4 is 5.56 Å². The van der Waals surface area contributed by atoms with Gasteiger partial charge in [0.25, 0.3) is 5.56 Å². The van der Waals surface area contributed by atoms with E-state index in [4.69, 9.17) is 4.98 Å². The van der Waals surface area contributed by atoms with Gasteiger partial charge in [-0.3, -0.25) is 9.59 Å². The number of fused-ring (bicyclic) bond motifs is 1. The normalized spacial score (nSPS) is 16.5. The number of aromatic amines is 1. The predicted octanol–water partition coefficient (Wildman–Crippen LogP) is 3.72. The van der Waals surface area contributed by atoms with Crippen molar-refractivity contribution in [3.05, 3.63) is 69.8 Å².